The number of rotatable bonds is 6. The highest BCUT2D eigenvalue weighted by Crippen LogP contribution is 2.25. The Morgan fingerprint density at radius 3 is 2.67 bits per heavy atom. The quantitative estimate of drug-likeness (QED) is 0.688. The number of carbonyl (C=O) groups excluding carboxylic acids is 2. The van der Waals surface area contributed by atoms with Gasteiger partial charge in [0.1, 0.15) is 22.0 Å². The van der Waals surface area contributed by atoms with Crippen molar-refractivity contribution in [3.05, 3.63) is 47.3 Å². The maximum absolute atomic E-state index is 13.0. The Kier molecular flexibility index (Phi) is 5.81. The Morgan fingerprint density at radius 2 is 2.00 bits per heavy atom. The van der Waals surface area contributed by atoms with Gasteiger partial charge >= 0.3 is 0 Å². The average molecular weight is 450 g/mol. The van der Waals surface area contributed by atoms with E-state index in [0.717, 1.165) is 22.6 Å². The van der Waals surface area contributed by atoms with Crippen LogP contribution in [0.5, 0.6) is 5.75 Å². The minimum Gasteiger partial charge on any atom is -0.497 e. The number of sulfonamides is 1. The molecule has 2 aliphatic rings. The number of piperazine rings is 1. The molecule has 10 heteroatoms. The van der Waals surface area contributed by atoms with Crippen molar-refractivity contribution >= 4 is 33.2 Å². The van der Waals surface area contributed by atoms with Gasteiger partial charge in [-0.05, 0) is 42.0 Å². The molecule has 0 aliphatic carbocycles. The molecule has 160 valence electrons. The second kappa shape index (κ2) is 8.37. The molecule has 2 amide bonds. The molecule has 2 saturated heterocycles. The Bertz CT molecular complexity index is 1020. The topological polar surface area (TPSA) is 105 Å². The van der Waals surface area contributed by atoms with Crippen molar-refractivity contribution in [1.82, 2.24) is 14.9 Å². The van der Waals surface area contributed by atoms with E-state index >= 15 is 0 Å². The van der Waals surface area contributed by atoms with E-state index in [1.165, 1.54) is 0 Å². The number of piperidine rings is 1. The van der Waals surface area contributed by atoms with Gasteiger partial charge in [0.25, 0.3) is 0 Å². The lowest BCUT2D eigenvalue weighted by Crippen LogP contribution is -2.67. The third kappa shape index (κ3) is 4.21. The fourth-order valence-corrected chi connectivity index (χ4v) is 6.24. The number of benzene rings is 1. The van der Waals surface area contributed by atoms with Crippen LogP contribution in [-0.4, -0.2) is 56.9 Å². The smallest absolute Gasteiger partial charge is 0.250 e. The first-order valence-corrected chi connectivity index (χ1v) is 12.0. The molecule has 0 saturated carbocycles. The van der Waals surface area contributed by atoms with Crippen molar-refractivity contribution in [2.24, 2.45) is 0 Å². The van der Waals surface area contributed by atoms with Crippen molar-refractivity contribution in [3.8, 4) is 5.75 Å². The van der Waals surface area contributed by atoms with Crippen LogP contribution in [0.4, 0.5) is 0 Å². The zero-order valence-corrected chi connectivity index (χ0v) is 18.0. The number of nitrogens with zero attached hydrogens (tertiary/aromatic N) is 1. The van der Waals surface area contributed by atoms with Crippen molar-refractivity contribution in [3.63, 3.8) is 0 Å². The first kappa shape index (κ1) is 20.8. The molecular formula is C20H23N3O5S2. The minimum absolute atomic E-state index is 0.130. The summed E-state index contributed by atoms with van der Waals surface area (Å²) < 4.78 is 33.0. The van der Waals surface area contributed by atoms with E-state index in [1.807, 2.05) is 24.3 Å². The molecular weight excluding hydrogens is 426 g/mol. The Labute approximate surface area is 179 Å². The van der Waals surface area contributed by atoms with Crippen LogP contribution in [-0.2, 0) is 26.0 Å². The maximum Gasteiger partial charge on any atom is 0.250 e. The highest BCUT2D eigenvalue weighted by atomic mass is 32.2. The van der Waals surface area contributed by atoms with E-state index in [4.69, 9.17) is 4.74 Å². The molecule has 30 heavy (non-hydrogen) atoms. The number of hydrogen-bond donors (Lipinski definition) is 2. The molecule has 3 atom stereocenters. The number of hydrogen-bond acceptors (Lipinski definition) is 6. The van der Waals surface area contributed by atoms with Crippen LogP contribution >= 0.6 is 11.3 Å². The van der Waals surface area contributed by atoms with Gasteiger partial charge in [0.15, 0.2) is 0 Å². The fraction of sp³-hybridized carbons (Fsp3) is 0.400. The molecule has 3 unspecified atom stereocenters. The van der Waals surface area contributed by atoms with Gasteiger partial charge in [0.05, 0.1) is 7.11 Å². The van der Waals surface area contributed by atoms with E-state index in [-0.39, 0.29) is 22.4 Å². The van der Waals surface area contributed by atoms with Crippen LogP contribution in [0.1, 0.15) is 18.4 Å². The summed E-state index contributed by atoms with van der Waals surface area (Å²) in [5.41, 5.74) is 0.923. The number of thiophene rings is 1. The van der Waals surface area contributed by atoms with Gasteiger partial charge in [-0.15, -0.1) is 11.3 Å². The molecule has 1 aromatic carbocycles. The third-order valence-corrected chi connectivity index (χ3v) is 8.40. The van der Waals surface area contributed by atoms with Crippen LogP contribution in [0.15, 0.2) is 46.0 Å². The van der Waals surface area contributed by atoms with E-state index < -0.39 is 28.1 Å². The summed E-state index contributed by atoms with van der Waals surface area (Å²) in [4.78, 5) is 27.3. The lowest BCUT2D eigenvalue weighted by Gasteiger charge is -2.44. The first-order chi connectivity index (χ1) is 14.4. The van der Waals surface area contributed by atoms with Gasteiger partial charge in [0, 0.05) is 19.0 Å². The van der Waals surface area contributed by atoms with E-state index in [9.17, 15) is 18.0 Å². The number of methoxy groups -OCH3 is 1. The van der Waals surface area contributed by atoms with Crippen molar-refractivity contribution in [2.75, 3.05) is 13.7 Å². The molecule has 2 fully saturated rings. The van der Waals surface area contributed by atoms with E-state index in [1.54, 1.807) is 29.5 Å². The van der Waals surface area contributed by atoms with Crippen molar-refractivity contribution in [1.29, 1.82) is 0 Å². The molecule has 1 aromatic heterocycles. The summed E-state index contributed by atoms with van der Waals surface area (Å²) in [6.07, 6.45) is 1.12. The minimum atomic E-state index is -3.62. The molecule has 8 nitrogen and oxygen atoms in total. The van der Waals surface area contributed by atoms with Crippen LogP contribution < -0.4 is 14.8 Å². The van der Waals surface area contributed by atoms with Crippen LogP contribution in [0.2, 0.25) is 0 Å². The second-order valence-electron chi connectivity index (χ2n) is 7.44. The zero-order chi connectivity index (χ0) is 21.3. The Hall–Kier alpha value is -2.43. The predicted molar refractivity (Wildman–Crippen MR) is 112 cm³/mol. The van der Waals surface area contributed by atoms with Gasteiger partial charge in [-0.25, -0.2) is 13.1 Å². The molecule has 2 aliphatic heterocycles. The summed E-state index contributed by atoms with van der Waals surface area (Å²) >= 11 is 1.14. The monoisotopic (exact) mass is 449 g/mol. The lowest BCUT2D eigenvalue weighted by atomic mass is 9.92. The molecule has 2 N–H and O–H groups in total. The number of ether oxygens (including phenoxy) is 1. The SMILES string of the molecule is COc1ccc(CC2NC(=O)C3CC(NS(=O)(=O)c4cccs4)CCN3C2=O)cc1. The van der Waals surface area contributed by atoms with Crippen LogP contribution in [0.25, 0.3) is 0 Å². The van der Waals surface area contributed by atoms with Gasteiger partial charge < -0.3 is 15.0 Å². The summed E-state index contributed by atoms with van der Waals surface area (Å²) in [6.45, 7) is 0.341. The molecule has 4 rings (SSSR count). The van der Waals surface area contributed by atoms with Crippen LogP contribution in [0.3, 0.4) is 0 Å². The molecule has 0 bridgehead atoms. The third-order valence-electron chi connectivity index (χ3n) is 5.48. The highest BCUT2D eigenvalue weighted by molar-refractivity contribution is 7.91. The zero-order valence-electron chi connectivity index (χ0n) is 16.4. The normalized spacial score (nSPS) is 24.3. The van der Waals surface area contributed by atoms with E-state index in [0.29, 0.717) is 19.4 Å². The number of fused-ring (bicyclic) bond motifs is 1. The predicted octanol–water partition coefficient (Wildman–Crippen LogP) is 1.14. The first-order valence-electron chi connectivity index (χ1n) is 9.67. The lowest BCUT2D eigenvalue weighted by molar-refractivity contribution is -0.151. The summed E-state index contributed by atoms with van der Waals surface area (Å²) in [7, 11) is -2.03. The van der Waals surface area contributed by atoms with Gasteiger partial charge in [-0.1, -0.05) is 18.2 Å². The summed E-state index contributed by atoms with van der Waals surface area (Å²) in [6, 6.07) is 8.93. The van der Waals surface area contributed by atoms with E-state index in [2.05, 4.69) is 10.0 Å². The number of carbonyl (C=O) groups is 2. The maximum atomic E-state index is 13.0. The molecule has 3 heterocycles. The molecule has 0 spiro atoms. The van der Waals surface area contributed by atoms with Crippen molar-refractivity contribution in [2.45, 2.75) is 41.6 Å². The molecule has 2 aromatic rings. The number of nitrogens with one attached hydrogen (secondary N) is 2. The standard InChI is InChI=1S/C20H23N3O5S2/c1-28-15-6-4-13(5-7-15)11-16-20(25)23-9-8-14(12-17(23)19(24)21-16)22-30(26,27)18-3-2-10-29-18/h2-7,10,14,16-17,22H,8-9,11-12H2,1H3,(H,21,24). The van der Waals surface area contributed by atoms with Gasteiger partial charge in [-0.2, -0.15) is 0 Å². The van der Waals surface area contributed by atoms with Crippen molar-refractivity contribution < 1.29 is 22.7 Å². The summed E-state index contributed by atoms with van der Waals surface area (Å²) in [5.74, 6) is 0.355. The fourth-order valence-electron chi connectivity index (χ4n) is 3.94. The average Bonchev–Trinajstić information content (AvgIpc) is 3.28. The largest absolute Gasteiger partial charge is 0.497 e. The highest BCUT2D eigenvalue weighted by Gasteiger charge is 2.44. The second-order valence-corrected chi connectivity index (χ2v) is 10.3. The Morgan fingerprint density at radius 1 is 1.23 bits per heavy atom. The van der Waals surface area contributed by atoms with Crippen LogP contribution in [0, 0.1) is 0 Å². The summed E-state index contributed by atoms with van der Waals surface area (Å²) in [5, 5.41) is 4.52. The van der Waals surface area contributed by atoms with Gasteiger partial charge in [0.2, 0.25) is 21.8 Å². The molecule has 0 radical (unpaired) electrons. The number of amides is 2. The Balaban J connectivity index is 1.41. The van der Waals surface area contributed by atoms with Gasteiger partial charge in [-0.3, -0.25) is 9.59 Å².